The van der Waals surface area contributed by atoms with Crippen LogP contribution in [0.1, 0.15) is 5.56 Å². The number of nitrogens with one attached hydrogen (secondary N) is 2. The fourth-order valence-electron chi connectivity index (χ4n) is 2.68. The lowest BCUT2D eigenvalue weighted by atomic mass is 9.93. The number of benzene rings is 2. The van der Waals surface area contributed by atoms with Crippen molar-refractivity contribution in [1.82, 2.24) is 9.97 Å². The highest BCUT2D eigenvalue weighted by Gasteiger charge is 2.09. The van der Waals surface area contributed by atoms with Crippen LogP contribution in [-0.2, 0) is 21.1 Å². The lowest BCUT2D eigenvalue weighted by Gasteiger charge is -2.13. The summed E-state index contributed by atoms with van der Waals surface area (Å²) >= 11 is 0. The fraction of sp³-hybridized carbons (Fsp3) is 0.263. The topological polar surface area (TPSA) is 97.2 Å². The van der Waals surface area contributed by atoms with Crippen LogP contribution in [0.3, 0.4) is 0 Å². The zero-order valence-corrected chi connectivity index (χ0v) is 16.6. The molecule has 0 aliphatic heterocycles. The van der Waals surface area contributed by atoms with Crippen LogP contribution in [0.4, 0.5) is 5.82 Å². The summed E-state index contributed by atoms with van der Waals surface area (Å²) in [6.07, 6.45) is 2.87. The number of rotatable bonds is 8. The summed E-state index contributed by atoms with van der Waals surface area (Å²) in [6, 6.07) is 10.6. The Morgan fingerprint density at radius 2 is 2.07 bits per heavy atom. The van der Waals surface area contributed by atoms with Crippen molar-refractivity contribution in [3.63, 3.8) is 0 Å². The molecule has 0 fully saturated rings. The molecule has 0 amide bonds. The molecule has 0 saturated carbocycles. The predicted molar refractivity (Wildman–Crippen MR) is 111 cm³/mol. The quantitative estimate of drug-likeness (QED) is 0.447. The van der Waals surface area contributed by atoms with Gasteiger partial charge in [-0.1, -0.05) is 23.7 Å². The maximum absolute atomic E-state index is 11.9. The molecule has 0 aliphatic carbocycles. The summed E-state index contributed by atoms with van der Waals surface area (Å²) in [7, 11) is 5.03. The van der Waals surface area contributed by atoms with E-state index in [1.807, 2.05) is 6.07 Å². The van der Waals surface area contributed by atoms with Crippen molar-refractivity contribution < 1.29 is 13.7 Å². The summed E-state index contributed by atoms with van der Waals surface area (Å²) < 4.78 is 30.5. The van der Waals surface area contributed by atoms with Crippen molar-refractivity contribution in [2.45, 2.75) is 11.5 Å². The van der Waals surface area contributed by atoms with Gasteiger partial charge < -0.3 is 14.8 Å². The number of aromatic nitrogens is 2. The number of nitrogens with zero attached hydrogens (tertiary/aromatic N) is 2. The van der Waals surface area contributed by atoms with Crippen molar-refractivity contribution in [1.29, 1.82) is 4.78 Å². The van der Waals surface area contributed by atoms with Gasteiger partial charge in [0.25, 0.3) is 0 Å². The highest BCUT2D eigenvalue weighted by molar-refractivity contribution is 7.91. The van der Waals surface area contributed by atoms with Gasteiger partial charge in [0.15, 0.2) is 0 Å². The summed E-state index contributed by atoms with van der Waals surface area (Å²) in [5.74, 6) is 1.18. The van der Waals surface area contributed by atoms with Crippen molar-refractivity contribution in [3.05, 3.63) is 48.3 Å². The molecular weight excluding hydrogens is 375 g/mol. The molecule has 1 atom stereocenters. The Balaban J connectivity index is 1.81. The molecule has 3 aromatic rings. The number of hydrogen-bond donors (Lipinski definition) is 2. The standard InChI is InChI=1S/C19H21BN4O3S/c1-26-7-6-22-19-15-9-16(20)18(10-17(15)23-12-24-19)27-11-13-4-3-5-14(8-13)28(2,21)25/h3-5,8-10,12,21H,6-7,11H2,1-2H3,(H,22,23,24). The van der Waals surface area contributed by atoms with E-state index in [1.54, 1.807) is 37.4 Å². The molecule has 1 heterocycles. The average Bonchev–Trinajstić information content (AvgIpc) is 2.66. The Morgan fingerprint density at radius 1 is 1.25 bits per heavy atom. The molecule has 28 heavy (non-hydrogen) atoms. The van der Waals surface area contributed by atoms with Gasteiger partial charge in [0.05, 0.1) is 21.9 Å². The van der Waals surface area contributed by atoms with Crippen LogP contribution in [0, 0.1) is 4.78 Å². The molecule has 0 aliphatic rings. The van der Waals surface area contributed by atoms with Gasteiger partial charge >= 0.3 is 0 Å². The lowest BCUT2D eigenvalue weighted by molar-refractivity contribution is 0.210. The molecule has 2 aromatic carbocycles. The van der Waals surface area contributed by atoms with Crippen molar-refractivity contribution in [2.75, 3.05) is 31.8 Å². The molecule has 3 rings (SSSR count). The predicted octanol–water partition coefficient (Wildman–Crippen LogP) is 2.10. The summed E-state index contributed by atoms with van der Waals surface area (Å²) in [5, 5.41) is 3.99. The largest absolute Gasteiger partial charge is 0.489 e. The molecule has 0 bridgehead atoms. The van der Waals surface area contributed by atoms with Crippen LogP contribution in [0.2, 0.25) is 0 Å². The second-order valence-corrected chi connectivity index (χ2v) is 8.49. The van der Waals surface area contributed by atoms with E-state index in [0.29, 0.717) is 40.6 Å². The third-order valence-corrected chi connectivity index (χ3v) is 5.26. The highest BCUT2D eigenvalue weighted by Crippen LogP contribution is 2.23. The molecule has 2 radical (unpaired) electrons. The molecule has 0 spiro atoms. The van der Waals surface area contributed by atoms with Gasteiger partial charge in [-0.25, -0.2) is 19.0 Å². The Hall–Kier alpha value is -2.65. The van der Waals surface area contributed by atoms with Gasteiger partial charge in [-0.15, -0.1) is 0 Å². The molecule has 0 saturated heterocycles. The Morgan fingerprint density at radius 3 is 2.82 bits per heavy atom. The number of fused-ring (bicyclic) bond motifs is 1. The molecule has 144 valence electrons. The maximum Gasteiger partial charge on any atom is 0.137 e. The molecule has 7 nitrogen and oxygen atoms in total. The van der Waals surface area contributed by atoms with E-state index in [-0.39, 0.29) is 6.61 Å². The Kier molecular flexibility index (Phi) is 6.16. The smallest absolute Gasteiger partial charge is 0.137 e. The monoisotopic (exact) mass is 396 g/mol. The Labute approximate surface area is 165 Å². The normalized spacial score (nSPS) is 13.2. The first-order chi connectivity index (χ1) is 13.4. The van der Waals surface area contributed by atoms with Crippen LogP contribution < -0.4 is 15.5 Å². The second kappa shape index (κ2) is 8.58. The first-order valence-electron chi connectivity index (χ1n) is 8.61. The third-order valence-electron chi connectivity index (χ3n) is 4.11. The second-order valence-electron chi connectivity index (χ2n) is 6.33. The van der Waals surface area contributed by atoms with E-state index in [9.17, 15) is 4.21 Å². The van der Waals surface area contributed by atoms with E-state index in [4.69, 9.17) is 22.1 Å². The zero-order valence-electron chi connectivity index (χ0n) is 15.8. The zero-order chi connectivity index (χ0) is 20.1. The van der Waals surface area contributed by atoms with Crippen LogP contribution in [0.25, 0.3) is 10.9 Å². The van der Waals surface area contributed by atoms with Gasteiger partial charge in [0, 0.05) is 36.3 Å². The van der Waals surface area contributed by atoms with Gasteiger partial charge in [0.2, 0.25) is 0 Å². The first kappa shape index (κ1) is 20.1. The van der Waals surface area contributed by atoms with Crippen LogP contribution in [-0.4, -0.2) is 48.5 Å². The number of anilines is 1. The van der Waals surface area contributed by atoms with Crippen LogP contribution in [0.15, 0.2) is 47.6 Å². The lowest BCUT2D eigenvalue weighted by Crippen LogP contribution is -2.12. The van der Waals surface area contributed by atoms with Gasteiger partial charge in [-0.2, -0.15) is 0 Å². The first-order valence-corrected chi connectivity index (χ1v) is 10.6. The SMILES string of the molecule is [B]c1cc2c(NCCOC)ncnc2cc1OCc1cccc(S(C)(=N)=O)c1. The number of hydrogen-bond acceptors (Lipinski definition) is 7. The number of ether oxygens (including phenoxy) is 2. The maximum atomic E-state index is 11.9. The number of methoxy groups -OCH3 is 1. The average molecular weight is 396 g/mol. The molecule has 2 N–H and O–H groups in total. The minimum absolute atomic E-state index is 0.239. The van der Waals surface area contributed by atoms with E-state index >= 15 is 0 Å². The van der Waals surface area contributed by atoms with Gasteiger partial charge in [0.1, 0.15) is 32.3 Å². The van der Waals surface area contributed by atoms with E-state index in [1.165, 1.54) is 12.6 Å². The molecular formula is C19H21BN4O3S. The molecule has 9 heteroatoms. The minimum atomic E-state index is -2.77. The molecule has 1 aromatic heterocycles. The summed E-state index contributed by atoms with van der Waals surface area (Å²) in [6.45, 7) is 1.42. The Bertz CT molecular complexity index is 1090. The summed E-state index contributed by atoms with van der Waals surface area (Å²) in [5.41, 5.74) is 1.98. The third kappa shape index (κ3) is 4.79. The van der Waals surface area contributed by atoms with Gasteiger partial charge in [-0.05, 0) is 17.7 Å². The van der Waals surface area contributed by atoms with E-state index in [0.717, 1.165) is 10.9 Å². The van der Waals surface area contributed by atoms with Gasteiger partial charge in [-0.3, -0.25) is 0 Å². The highest BCUT2D eigenvalue weighted by atomic mass is 32.2. The fourth-order valence-corrected chi connectivity index (χ4v) is 3.39. The summed E-state index contributed by atoms with van der Waals surface area (Å²) in [4.78, 5) is 9.02. The minimum Gasteiger partial charge on any atom is -0.489 e. The van der Waals surface area contributed by atoms with Crippen LogP contribution in [0.5, 0.6) is 5.75 Å². The molecule has 1 unspecified atom stereocenters. The van der Waals surface area contributed by atoms with Crippen molar-refractivity contribution >= 4 is 39.8 Å². The van der Waals surface area contributed by atoms with E-state index in [2.05, 4.69) is 15.3 Å². The van der Waals surface area contributed by atoms with Crippen molar-refractivity contribution in [3.8, 4) is 5.75 Å². The van der Waals surface area contributed by atoms with Crippen LogP contribution >= 0.6 is 0 Å². The van der Waals surface area contributed by atoms with E-state index < -0.39 is 9.73 Å². The van der Waals surface area contributed by atoms with Crippen molar-refractivity contribution in [2.24, 2.45) is 0 Å².